The molecular formula is C14H19FN2O. The number of amides is 1. The van der Waals surface area contributed by atoms with Crippen molar-refractivity contribution in [3.8, 4) is 0 Å². The molecule has 1 aliphatic heterocycles. The molecule has 0 saturated carbocycles. The van der Waals surface area contributed by atoms with Crippen LogP contribution in [-0.2, 0) is 0 Å². The molecule has 0 spiro atoms. The highest BCUT2D eigenvalue weighted by atomic mass is 19.1. The van der Waals surface area contributed by atoms with Gasteiger partial charge in [-0.1, -0.05) is 12.1 Å². The van der Waals surface area contributed by atoms with E-state index in [-0.39, 0.29) is 17.5 Å². The standard InChI is InChI=1S/C14H19FN2O/c1-9-4-3-5-12(13(9)15)14(18)17-10(2)11-6-7-16-8-11/h3-5,10-11,16H,6-8H2,1-2H3,(H,17,18). The normalized spacial score (nSPS) is 20.7. The van der Waals surface area contributed by atoms with Crippen LogP contribution in [0.4, 0.5) is 4.39 Å². The van der Waals surface area contributed by atoms with Gasteiger partial charge in [-0.05, 0) is 50.9 Å². The zero-order valence-electron chi connectivity index (χ0n) is 10.8. The Kier molecular flexibility index (Phi) is 3.97. The SMILES string of the molecule is Cc1cccc(C(=O)NC(C)C2CCNC2)c1F. The fraction of sp³-hybridized carbons (Fsp3) is 0.500. The van der Waals surface area contributed by atoms with Gasteiger partial charge < -0.3 is 10.6 Å². The van der Waals surface area contributed by atoms with E-state index in [1.807, 2.05) is 6.92 Å². The van der Waals surface area contributed by atoms with Gasteiger partial charge >= 0.3 is 0 Å². The molecule has 0 radical (unpaired) electrons. The lowest BCUT2D eigenvalue weighted by atomic mass is 10.00. The molecule has 2 N–H and O–H groups in total. The van der Waals surface area contributed by atoms with Crippen LogP contribution in [0.3, 0.4) is 0 Å². The van der Waals surface area contributed by atoms with Crippen LogP contribution < -0.4 is 10.6 Å². The van der Waals surface area contributed by atoms with Crippen molar-refractivity contribution in [1.82, 2.24) is 10.6 Å². The molecule has 2 atom stereocenters. The van der Waals surface area contributed by atoms with E-state index in [0.717, 1.165) is 19.5 Å². The Morgan fingerprint density at radius 2 is 2.33 bits per heavy atom. The Labute approximate surface area is 107 Å². The van der Waals surface area contributed by atoms with E-state index >= 15 is 0 Å². The van der Waals surface area contributed by atoms with Crippen LogP contribution in [0.2, 0.25) is 0 Å². The van der Waals surface area contributed by atoms with Gasteiger partial charge in [-0.3, -0.25) is 4.79 Å². The fourth-order valence-electron chi connectivity index (χ4n) is 2.33. The first-order valence-corrected chi connectivity index (χ1v) is 6.36. The van der Waals surface area contributed by atoms with E-state index in [1.165, 1.54) is 6.07 Å². The molecular weight excluding hydrogens is 231 g/mol. The lowest BCUT2D eigenvalue weighted by Gasteiger charge is -2.20. The molecule has 1 aromatic carbocycles. The number of rotatable bonds is 3. The van der Waals surface area contributed by atoms with Crippen molar-refractivity contribution in [2.75, 3.05) is 13.1 Å². The molecule has 4 heteroatoms. The molecule has 1 saturated heterocycles. The first-order valence-electron chi connectivity index (χ1n) is 6.36. The number of hydrogen-bond acceptors (Lipinski definition) is 2. The molecule has 2 unspecified atom stereocenters. The van der Waals surface area contributed by atoms with E-state index in [2.05, 4.69) is 10.6 Å². The number of nitrogens with one attached hydrogen (secondary N) is 2. The molecule has 98 valence electrons. The molecule has 1 heterocycles. The Morgan fingerprint density at radius 1 is 1.56 bits per heavy atom. The maximum atomic E-state index is 13.8. The smallest absolute Gasteiger partial charge is 0.254 e. The number of halogens is 1. The van der Waals surface area contributed by atoms with Crippen molar-refractivity contribution >= 4 is 5.91 Å². The minimum atomic E-state index is -0.424. The lowest BCUT2D eigenvalue weighted by molar-refractivity contribution is 0.0924. The average molecular weight is 250 g/mol. The second-order valence-electron chi connectivity index (χ2n) is 4.95. The van der Waals surface area contributed by atoms with Gasteiger partial charge in [0.2, 0.25) is 0 Å². The predicted octanol–water partition coefficient (Wildman–Crippen LogP) is 1.86. The van der Waals surface area contributed by atoms with Crippen LogP contribution >= 0.6 is 0 Å². The summed E-state index contributed by atoms with van der Waals surface area (Å²) in [6.07, 6.45) is 1.05. The van der Waals surface area contributed by atoms with Gasteiger partial charge in [0.15, 0.2) is 0 Å². The second-order valence-corrected chi connectivity index (χ2v) is 4.95. The van der Waals surface area contributed by atoms with E-state index in [4.69, 9.17) is 0 Å². The molecule has 3 nitrogen and oxygen atoms in total. The van der Waals surface area contributed by atoms with Gasteiger partial charge in [0.05, 0.1) is 5.56 Å². The van der Waals surface area contributed by atoms with Crippen molar-refractivity contribution in [3.63, 3.8) is 0 Å². The largest absolute Gasteiger partial charge is 0.349 e. The highest BCUT2D eigenvalue weighted by Crippen LogP contribution is 2.15. The Bertz CT molecular complexity index is 441. The van der Waals surface area contributed by atoms with Gasteiger partial charge in [-0.2, -0.15) is 0 Å². The van der Waals surface area contributed by atoms with Crippen molar-refractivity contribution < 1.29 is 9.18 Å². The maximum Gasteiger partial charge on any atom is 0.254 e. The summed E-state index contributed by atoms with van der Waals surface area (Å²) in [7, 11) is 0. The summed E-state index contributed by atoms with van der Waals surface area (Å²) in [4.78, 5) is 12.0. The number of aryl methyl sites for hydroxylation is 1. The number of carbonyl (C=O) groups is 1. The molecule has 1 fully saturated rings. The summed E-state index contributed by atoms with van der Waals surface area (Å²) in [5.41, 5.74) is 0.630. The molecule has 0 aromatic heterocycles. The maximum absolute atomic E-state index is 13.8. The van der Waals surface area contributed by atoms with Crippen molar-refractivity contribution in [2.24, 2.45) is 5.92 Å². The summed E-state index contributed by atoms with van der Waals surface area (Å²) in [6.45, 7) is 5.54. The third-order valence-electron chi connectivity index (χ3n) is 3.60. The Morgan fingerprint density at radius 3 is 3.00 bits per heavy atom. The van der Waals surface area contributed by atoms with Crippen LogP contribution in [0.25, 0.3) is 0 Å². The van der Waals surface area contributed by atoms with Crippen molar-refractivity contribution in [3.05, 3.63) is 35.1 Å². The molecule has 1 aliphatic rings. The summed E-state index contributed by atoms with van der Waals surface area (Å²) in [5.74, 6) is -0.316. The third kappa shape index (κ3) is 2.70. The summed E-state index contributed by atoms with van der Waals surface area (Å²) >= 11 is 0. The van der Waals surface area contributed by atoms with Crippen molar-refractivity contribution in [1.29, 1.82) is 0 Å². The van der Waals surface area contributed by atoms with Gasteiger partial charge in [-0.25, -0.2) is 4.39 Å². The zero-order valence-corrected chi connectivity index (χ0v) is 10.8. The number of carbonyl (C=O) groups excluding carboxylic acids is 1. The molecule has 0 bridgehead atoms. The summed E-state index contributed by atoms with van der Waals surface area (Å²) in [6, 6.07) is 4.95. The molecule has 18 heavy (non-hydrogen) atoms. The van der Waals surface area contributed by atoms with E-state index in [9.17, 15) is 9.18 Å². The van der Waals surface area contributed by atoms with E-state index < -0.39 is 5.82 Å². The highest BCUT2D eigenvalue weighted by Gasteiger charge is 2.23. The summed E-state index contributed by atoms with van der Waals surface area (Å²) in [5, 5.41) is 6.15. The fourth-order valence-corrected chi connectivity index (χ4v) is 2.33. The van der Waals surface area contributed by atoms with Crippen molar-refractivity contribution in [2.45, 2.75) is 26.3 Å². The van der Waals surface area contributed by atoms with Crippen LogP contribution in [0.15, 0.2) is 18.2 Å². The lowest BCUT2D eigenvalue weighted by Crippen LogP contribution is -2.39. The monoisotopic (exact) mass is 250 g/mol. The topological polar surface area (TPSA) is 41.1 Å². The average Bonchev–Trinajstić information content (AvgIpc) is 2.86. The predicted molar refractivity (Wildman–Crippen MR) is 69.0 cm³/mol. The van der Waals surface area contributed by atoms with Gasteiger partial charge in [-0.15, -0.1) is 0 Å². The second kappa shape index (κ2) is 5.48. The third-order valence-corrected chi connectivity index (χ3v) is 3.60. The Hall–Kier alpha value is -1.42. The first kappa shape index (κ1) is 13.0. The Balaban J connectivity index is 2.05. The van der Waals surface area contributed by atoms with Gasteiger partial charge in [0, 0.05) is 6.04 Å². The minimum absolute atomic E-state index is 0.0624. The van der Waals surface area contributed by atoms with Crippen LogP contribution in [0, 0.1) is 18.7 Å². The number of hydrogen-bond donors (Lipinski definition) is 2. The van der Waals surface area contributed by atoms with E-state index in [1.54, 1.807) is 19.1 Å². The van der Waals surface area contributed by atoms with Crippen LogP contribution in [-0.4, -0.2) is 25.0 Å². The van der Waals surface area contributed by atoms with Crippen LogP contribution in [0.1, 0.15) is 29.3 Å². The quantitative estimate of drug-likeness (QED) is 0.859. The molecule has 1 amide bonds. The van der Waals surface area contributed by atoms with Gasteiger partial charge in [0.25, 0.3) is 5.91 Å². The molecule has 0 aliphatic carbocycles. The highest BCUT2D eigenvalue weighted by molar-refractivity contribution is 5.94. The zero-order chi connectivity index (χ0) is 13.1. The minimum Gasteiger partial charge on any atom is -0.349 e. The molecule has 1 aromatic rings. The summed E-state index contributed by atoms with van der Waals surface area (Å²) < 4.78 is 13.8. The first-order chi connectivity index (χ1) is 8.59. The van der Waals surface area contributed by atoms with Crippen LogP contribution in [0.5, 0.6) is 0 Å². The van der Waals surface area contributed by atoms with E-state index in [0.29, 0.717) is 11.5 Å². The number of benzene rings is 1. The molecule has 2 rings (SSSR count). The van der Waals surface area contributed by atoms with Gasteiger partial charge in [0.1, 0.15) is 5.82 Å².